The minimum Gasteiger partial charge on any atom is -0.419 e. The van der Waals surface area contributed by atoms with Crippen molar-refractivity contribution in [1.82, 2.24) is 15.5 Å². The van der Waals surface area contributed by atoms with E-state index in [0.29, 0.717) is 24.0 Å². The van der Waals surface area contributed by atoms with Crippen molar-refractivity contribution in [3.8, 4) is 11.5 Å². The number of hydrogen-bond acceptors (Lipinski definition) is 4. The molecule has 2 rings (SSSR count). The van der Waals surface area contributed by atoms with Crippen LogP contribution in [0.4, 0.5) is 4.39 Å². The summed E-state index contributed by atoms with van der Waals surface area (Å²) in [7, 11) is 0. The van der Waals surface area contributed by atoms with Gasteiger partial charge in [-0.15, -0.1) is 10.2 Å². The lowest BCUT2D eigenvalue weighted by molar-refractivity contribution is 0.277. The first-order chi connectivity index (χ1) is 9.38. The standard InChI is InChI=1S/C15H20FN3O/c1-10(15(2,3)4)17-9-13-18-19-14(20-13)11-7-5-6-8-12(11)16/h5-8,10,17H,9H2,1-4H3/t10-/m1/s1. The van der Waals surface area contributed by atoms with Gasteiger partial charge in [-0.2, -0.15) is 0 Å². The molecule has 0 aliphatic carbocycles. The molecule has 0 saturated carbocycles. The van der Waals surface area contributed by atoms with Gasteiger partial charge in [0, 0.05) is 6.04 Å². The summed E-state index contributed by atoms with van der Waals surface area (Å²) in [5.74, 6) is 0.307. The molecule has 20 heavy (non-hydrogen) atoms. The first-order valence-corrected chi connectivity index (χ1v) is 6.68. The van der Waals surface area contributed by atoms with Crippen LogP contribution in [-0.2, 0) is 6.54 Å². The van der Waals surface area contributed by atoms with Gasteiger partial charge in [-0.3, -0.25) is 0 Å². The molecule has 1 aromatic heterocycles. The van der Waals surface area contributed by atoms with Crippen molar-refractivity contribution in [2.45, 2.75) is 40.3 Å². The monoisotopic (exact) mass is 277 g/mol. The van der Waals surface area contributed by atoms with Gasteiger partial charge in [-0.1, -0.05) is 32.9 Å². The summed E-state index contributed by atoms with van der Waals surface area (Å²) in [4.78, 5) is 0. The second-order valence-electron chi connectivity index (χ2n) is 5.95. The van der Waals surface area contributed by atoms with Crippen LogP contribution in [0, 0.1) is 11.2 Å². The average molecular weight is 277 g/mol. The van der Waals surface area contributed by atoms with Crippen LogP contribution in [0.1, 0.15) is 33.6 Å². The first-order valence-electron chi connectivity index (χ1n) is 6.68. The van der Waals surface area contributed by atoms with E-state index in [1.807, 2.05) is 0 Å². The van der Waals surface area contributed by atoms with Crippen molar-refractivity contribution in [3.63, 3.8) is 0 Å². The van der Waals surface area contributed by atoms with Crippen molar-refractivity contribution < 1.29 is 8.81 Å². The molecule has 1 heterocycles. The maximum atomic E-state index is 13.6. The van der Waals surface area contributed by atoms with Gasteiger partial charge in [0.25, 0.3) is 5.89 Å². The van der Waals surface area contributed by atoms with Gasteiger partial charge in [-0.25, -0.2) is 4.39 Å². The third kappa shape index (κ3) is 3.42. The van der Waals surface area contributed by atoms with Crippen LogP contribution in [0.2, 0.25) is 0 Å². The van der Waals surface area contributed by atoms with Crippen LogP contribution in [-0.4, -0.2) is 16.2 Å². The van der Waals surface area contributed by atoms with Crippen molar-refractivity contribution >= 4 is 0 Å². The highest BCUT2D eigenvalue weighted by Gasteiger charge is 2.20. The van der Waals surface area contributed by atoms with Crippen LogP contribution >= 0.6 is 0 Å². The second-order valence-corrected chi connectivity index (χ2v) is 5.95. The lowest BCUT2D eigenvalue weighted by Crippen LogP contribution is -2.37. The molecule has 0 bridgehead atoms. The molecule has 0 radical (unpaired) electrons. The quantitative estimate of drug-likeness (QED) is 0.930. The predicted octanol–water partition coefficient (Wildman–Crippen LogP) is 3.40. The van der Waals surface area contributed by atoms with E-state index in [4.69, 9.17) is 4.42 Å². The van der Waals surface area contributed by atoms with Crippen LogP contribution in [0.3, 0.4) is 0 Å². The second kappa shape index (κ2) is 5.71. The fourth-order valence-corrected chi connectivity index (χ4v) is 1.62. The minimum absolute atomic E-state index is 0.147. The zero-order valence-corrected chi connectivity index (χ0v) is 12.3. The molecule has 0 amide bonds. The minimum atomic E-state index is -0.362. The number of aromatic nitrogens is 2. The van der Waals surface area contributed by atoms with Crippen LogP contribution in [0.25, 0.3) is 11.5 Å². The Balaban J connectivity index is 2.05. The highest BCUT2D eigenvalue weighted by Crippen LogP contribution is 2.22. The van der Waals surface area contributed by atoms with Gasteiger partial charge < -0.3 is 9.73 Å². The van der Waals surface area contributed by atoms with Gasteiger partial charge in [0.15, 0.2) is 0 Å². The predicted molar refractivity (Wildman–Crippen MR) is 75.4 cm³/mol. The van der Waals surface area contributed by atoms with Gasteiger partial charge in [0.1, 0.15) is 5.82 Å². The summed E-state index contributed by atoms with van der Waals surface area (Å²) < 4.78 is 19.1. The van der Waals surface area contributed by atoms with E-state index in [2.05, 4.69) is 43.2 Å². The van der Waals surface area contributed by atoms with Gasteiger partial charge in [-0.05, 0) is 24.5 Å². The maximum absolute atomic E-state index is 13.6. The number of nitrogens with one attached hydrogen (secondary N) is 1. The van der Waals surface area contributed by atoms with Gasteiger partial charge >= 0.3 is 0 Å². The maximum Gasteiger partial charge on any atom is 0.250 e. The van der Waals surface area contributed by atoms with Crippen molar-refractivity contribution in [2.24, 2.45) is 5.41 Å². The number of hydrogen-bond donors (Lipinski definition) is 1. The Kier molecular flexibility index (Phi) is 4.18. The SMILES string of the molecule is C[C@@H](NCc1nnc(-c2ccccc2F)o1)C(C)(C)C. The lowest BCUT2D eigenvalue weighted by atomic mass is 9.88. The van der Waals surface area contributed by atoms with E-state index >= 15 is 0 Å². The van der Waals surface area contributed by atoms with Crippen molar-refractivity contribution in [1.29, 1.82) is 0 Å². The summed E-state index contributed by atoms with van der Waals surface area (Å²) in [5, 5.41) is 11.2. The molecule has 0 unspecified atom stereocenters. The molecule has 5 heteroatoms. The van der Waals surface area contributed by atoms with Crippen molar-refractivity contribution in [2.75, 3.05) is 0 Å². The van der Waals surface area contributed by atoms with E-state index in [-0.39, 0.29) is 17.1 Å². The molecular formula is C15H20FN3O. The van der Waals surface area contributed by atoms with Crippen molar-refractivity contribution in [3.05, 3.63) is 36.0 Å². The number of halogens is 1. The summed E-state index contributed by atoms with van der Waals surface area (Å²) in [6.45, 7) is 9.05. The van der Waals surface area contributed by atoms with E-state index < -0.39 is 0 Å². The summed E-state index contributed by atoms with van der Waals surface area (Å²) in [5.41, 5.74) is 0.476. The Labute approximate surface area is 118 Å². The molecule has 4 nitrogen and oxygen atoms in total. The van der Waals surface area contributed by atoms with Crippen LogP contribution < -0.4 is 5.32 Å². The van der Waals surface area contributed by atoms with E-state index in [9.17, 15) is 4.39 Å². The topological polar surface area (TPSA) is 51.0 Å². The van der Waals surface area contributed by atoms with Crippen LogP contribution in [0.15, 0.2) is 28.7 Å². The van der Waals surface area contributed by atoms with Crippen LogP contribution in [0.5, 0.6) is 0 Å². The first kappa shape index (κ1) is 14.7. The summed E-state index contributed by atoms with van der Waals surface area (Å²) in [6, 6.07) is 6.66. The molecule has 1 atom stereocenters. The highest BCUT2D eigenvalue weighted by molar-refractivity contribution is 5.53. The molecule has 0 saturated heterocycles. The van der Waals surface area contributed by atoms with E-state index in [0.717, 1.165) is 0 Å². The number of nitrogens with zero attached hydrogens (tertiary/aromatic N) is 2. The Morgan fingerprint density at radius 1 is 1.25 bits per heavy atom. The third-order valence-corrected chi connectivity index (χ3v) is 3.43. The average Bonchev–Trinajstić information content (AvgIpc) is 2.84. The number of rotatable bonds is 4. The zero-order chi connectivity index (χ0) is 14.8. The normalized spacial score (nSPS) is 13.4. The molecule has 2 aromatic rings. The molecule has 0 spiro atoms. The lowest BCUT2D eigenvalue weighted by Gasteiger charge is -2.27. The fourth-order valence-electron chi connectivity index (χ4n) is 1.62. The molecule has 0 aliphatic rings. The zero-order valence-electron chi connectivity index (χ0n) is 12.3. The van der Waals surface area contributed by atoms with E-state index in [1.165, 1.54) is 6.07 Å². The largest absolute Gasteiger partial charge is 0.419 e. The molecule has 0 aliphatic heterocycles. The Morgan fingerprint density at radius 2 is 1.95 bits per heavy atom. The van der Waals surface area contributed by atoms with Gasteiger partial charge in [0.2, 0.25) is 5.89 Å². The number of benzene rings is 1. The van der Waals surface area contributed by atoms with E-state index in [1.54, 1.807) is 18.2 Å². The molecule has 0 fully saturated rings. The fraction of sp³-hybridized carbons (Fsp3) is 0.467. The Hall–Kier alpha value is -1.75. The Bertz CT molecular complexity index is 574. The summed E-state index contributed by atoms with van der Waals surface area (Å²) >= 11 is 0. The smallest absolute Gasteiger partial charge is 0.250 e. The Morgan fingerprint density at radius 3 is 2.60 bits per heavy atom. The third-order valence-electron chi connectivity index (χ3n) is 3.43. The molecule has 1 N–H and O–H groups in total. The molecule has 108 valence electrons. The molecular weight excluding hydrogens is 257 g/mol. The van der Waals surface area contributed by atoms with Gasteiger partial charge in [0.05, 0.1) is 12.1 Å². The molecule has 1 aromatic carbocycles. The highest BCUT2D eigenvalue weighted by atomic mass is 19.1. The summed E-state index contributed by atoms with van der Waals surface area (Å²) in [6.07, 6.45) is 0.